The zero-order valence-electron chi connectivity index (χ0n) is 13.8. The van der Waals surface area contributed by atoms with Gasteiger partial charge in [-0.3, -0.25) is 9.59 Å². The van der Waals surface area contributed by atoms with Crippen molar-refractivity contribution in [3.8, 4) is 0 Å². The molecule has 1 saturated carbocycles. The minimum atomic E-state index is -0.836. The van der Waals surface area contributed by atoms with E-state index in [9.17, 15) is 14.7 Å². The summed E-state index contributed by atoms with van der Waals surface area (Å²) in [6.07, 6.45) is 0.966. The lowest BCUT2D eigenvalue weighted by Crippen LogP contribution is -2.63. The molecule has 1 aliphatic heterocycles. The molecule has 3 rings (SSSR count). The number of benzene rings is 1. The number of fused-ring (bicyclic) bond motifs is 1. The molecule has 1 amide bonds. The molecule has 1 aliphatic carbocycles. The second-order valence-electron chi connectivity index (χ2n) is 6.79. The van der Waals surface area contributed by atoms with Gasteiger partial charge in [-0.25, -0.2) is 6.57 Å². The molecule has 5 nitrogen and oxygen atoms in total. The summed E-state index contributed by atoms with van der Waals surface area (Å²) in [6.45, 7) is 10.0. The molecule has 1 unspecified atom stereocenters. The zero-order valence-corrected chi connectivity index (χ0v) is 13.8. The number of aliphatic hydroxyl groups excluding tert-OH is 1. The van der Waals surface area contributed by atoms with Crippen molar-refractivity contribution in [2.45, 2.75) is 31.2 Å². The molecule has 1 heterocycles. The van der Waals surface area contributed by atoms with Crippen LogP contribution in [0.5, 0.6) is 0 Å². The van der Waals surface area contributed by atoms with E-state index in [1.807, 2.05) is 37.3 Å². The lowest BCUT2D eigenvalue weighted by Gasteiger charge is -2.51. The average Bonchev–Trinajstić information content (AvgIpc) is 2.61. The van der Waals surface area contributed by atoms with Crippen LogP contribution in [0.3, 0.4) is 0 Å². The summed E-state index contributed by atoms with van der Waals surface area (Å²) in [5, 5.41) is 9.28. The highest BCUT2D eigenvalue weighted by Gasteiger charge is 2.61. The van der Waals surface area contributed by atoms with Gasteiger partial charge in [-0.15, -0.1) is 0 Å². The predicted octanol–water partition coefficient (Wildman–Crippen LogP) is 1.66. The van der Waals surface area contributed by atoms with E-state index in [2.05, 4.69) is 4.85 Å². The SMILES string of the molecule is [C-]#[N+]C1C[C@]2(c3ccccc3)C(=O)N(CCO)CC[C@H]2[C@H](C)C1=O. The summed E-state index contributed by atoms with van der Waals surface area (Å²) >= 11 is 0. The number of piperidine rings is 1. The standard InChI is InChI=1S/C19H22N2O3/c1-13-15-8-9-21(10-11-22)18(24)19(15,12-16(20-2)17(13)23)14-6-4-3-5-7-14/h3-7,13,15-16,22H,8-12H2,1H3/t13-,15-,16?,19+/m0/s1. The maximum absolute atomic E-state index is 13.4. The van der Waals surface area contributed by atoms with Crippen LogP contribution in [0.2, 0.25) is 0 Å². The van der Waals surface area contributed by atoms with E-state index >= 15 is 0 Å². The van der Waals surface area contributed by atoms with E-state index in [1.54, 1.807) is 4.90 Å². The van der Waals surface area contributed by atoms with Crippen molar-refractivity contribution in [1.82, 2.24) is 4.90 Å². The van der Waals surface area contributed by atoms with Crippen molar-refractivity contribution in [3.63, 3.8) is 0 Å². The number of nitrogens with zero attached hydrogens (tertiary/aromatic N) is 2. The Hall–Kier alpha value is -2.19. The summed E-state index contributed by atoms with van der Waals surface area (Å²) in [6, 6.07) is 8.78. The summed E-state index contributed by atoms with van der Waals surface area (Å²) in [7, 11) is 0. The molecule has 24 heavy (non-hydrogen) atoms. The van der Waals surface area contributed by atoms with Crippen molar-refractivity contribution < 1.29 is 14.7 Å². The summed E-state index contributed by atoms with van der Waals surface area (Å²) in [4.78, 5) is 31.1. The summed E-state index contributed by atoms with van der Waals surface area (Å²) in [5.74, 6) is -0.483. The smallest absolute Gasteiger partial charge is 0.282 e. The average molecular weight is 326 g/mol. The van der Waals surface area contributed by atoms with E-state index in [0.717, 1.165) is 12.0 Å². The number of hydrogen-bond acceptors (Lipinski definition) is 3. The molecular formula is C19H22N2O3. The fraction of sp³-hybridized carbons (Fsp3) is 0.526. The van der Waals surface area contributed by atoms with Gasteiger partial charge in [-0.05, 0) is 17.9 Å². The zero-order chi connectivity index (χ0) is 17.3. The Labute approximate surface area is 142 Å². The topological polar surface area (TPSA) is 62.0 Å². The second kappa shape index (κ2) is 6.37. The van der Waals surface area contributed by atoms with Gasteiger partial charge >= 0.3 is 0 Å². The summed E-state index contributed by atoms with van der Waals surface area (Å²) < 4.78 is 0. The van der Waals surface area contributed by atoms with Gasteiger partial charge in [0.15, 0.2) is 0 Å². The number of ketones is 1. The molecular weight excluding hydrogens is 304 g/mol. The second-order valence-corrected chi connectivity index (χ2v) is 6.79. The van der Waals surface area contributed by atoms with Gasteiger partial charge in [0.25, 0.3) is 6.04 Å². The molecule has 1 aromatic rings. The molecule has 0 radical (unpaired) electrons. The number of hydrogen-bond donors (Lipinski definition) is 1. The number of Topliss-reactive ketones (excluding diaryl/α,β-unsaturated/α-hetero) is 1. The van der Waals surface area contributed by atoms with E-state index in [4.69, 9.17) is 6.57 Å². The van der Waals surface area contributed by atoms with Crippen LogP contribution < -0.4 is 0 Å². The van der Waals surface area contributed by atoms with Crippen LogP contribution in [-0.4, -0.2) is 47.4 Å². The van der Waals surface area contributed by atoms with Crippen LogP contribution >= 0.6 is 0 Å². The van der Waals surface area contributed by atoms with Crippen LogP contribution in [0.4, 0.5) is 0 Å². The van der Waals surface area contributed by atoms with Gasteiger partial charge in [0, 0.05) is 25.4 Å². The van der Waals surface area contributed by atoms with Gasteiger partial charge in [-0.1, -0.05) is 37.3 Å². The number of carbonyl (C=O) groups is 2. The maximum Gasteiger partial charge on any atom is 0.282 e. The minimum absolute atomic E-state index is 0.0371. The maximum atomic E-state index is 13.4. The van der Waals surface area contributed by atoms with Gasteiger partial charge < -0.3 is 14.9 Å². The molecule has 4 atom stereocenters. The number of carbonyl (C=O) groups excluding carboxylic acids is 2. The highest BCUT2D eigenvalue weighted by atomic mass is 16.3. The highest BCUT2D eigenvalue weighted by molar-refractivity contribution is 5.97. The van der Waals surface area contributed by atoms with E-state index < -0.39 is 11.5 Å². The van der Waals surface area contributed by atoms with Crippen molar-refractivity contribution in [1.29, 1.82) is 0 Å². The van der Waals surface area contributed by atoms with Gasteiger partial charge in [-0.2, -0.15) is 0 Å². The van der Waals surface area contributed by atoms with Crippen LogP contribution in [-0.2, 0) is 15.0 Å². The first kappa shape index (κ1) is 16.7. The molecule has 0 aromatic heterocycles. The van der Waals surface area contributed by atoms with Crippen molar-refractivity contribution in [2.24, 2.45) is 11.8 Å². The first-order valence-corrected chi connectivity index (χ1v) is 8.42. The Kier molecular flexibility index (Phi) is 4.42. The van der Waals surface area contributed by atoms with E-state index in [0.29, 0.717) is 13.1 Å². The Morgan fingerprint density at radius 1 is 1.33 bits per heavy atom. The molecule has 2 fully saturated rings. The summed E-state index contributed by atoms with van der Waals surface area (Å²) in [5.41, 5.74) is 0.0488. The fourth-order valence-corrected chi connectivity index (χ4v) is 4.54. The molecule has 5 heteroatoms. The minimum Gasteiger partial charge on any atom is -0.395 e. The largest absolute Gasteiger partial charge is 0.395 e. The number of amides is 1. The molecule has 1 N–H and O–H groups in total. The fourth-order valence-electron chi connectivity index (χ4n) is 4.54. The molecule has 1 saturated heterocycles. The monoisotopic (exact) mass is 326 g/mol. The first-order valence-electron chi connectivity index (χ1n) is 8.42. The molecule has 0 bridgehead atoms. The molecule has 1 aromatic carbocycles. The molecule has 0 spiro atoms. The first-order chi connectivity index (χ1) is 11.6. The molecule has 2 aliphatic rings. The highest BCUT2D eigenvalue weighted by Crippen LogP contribution is 2.51. The van der Waals surface area contributed by atoms with E-state index in [-0.39, 0.29) is 36.6 Å². The Morgan fingerprint density at radius 2 is 2.04 bits per heavy atom. The third-order valence-electron chi connectivity index (χ3n) is 5.72. The van der Waals surface area contributed by atoms with Crippen LogP contribution in [0.1, 0.15) is 25.3 Å². The van der Waals surface area contributed by atoms with Crippen LogP contribution in [0.25, 0.3) is 4.85 Å². The third kappa shape index (κ3) is 2.33. The van der Waals surface area contributed by atoms with Gasteiger partial charge in [0.1, 0.15) is 0 Å². The number of β-amino-alcohol motifs (C(OH)–C–C–N with tert-alkyl or cyclic N) is 1. The van der Waals surface area contributed by atoms with Crippen LogP contribution in [0, 0.1) is 18.4 Å². The Balaban J connectivity index is 2.14. The number of aliphatic hydroxyl groups is 1. The van der Waals surface area contributed by atoms with Crippen molar-refractivity contribution in [3.05, 3.63) is 47.3 Å². The normalized spacial score (nSPS) is 33.0. The van der Waals surface area contributed by atoms with Crippen molar-refractivity contribution in [2.75, 3.05) is 19.7 Å². The Bertz CT molecular complexity index is 682. The quantitative estimate of drug-likeness (QED) is 0.860. The lowest BCUT2D eigenvalue weighted by molar-refractivity contribution is -0.152. The predicted molar refractivity (Wildman–Crippen MR) is 89.1 cm³/mol. The van der Waals surface area contributed by atoms with Crippen molar-refractivity contribution >= 4 is 11.7 Å². The number of rotatable bonds is 3. The van der Waals surface area contributed by atoms with Gasteiger partial charge in [0.2, 0.25) is 11.7 Å². The Morgan fingerprint density at radius 3 is 2.67 bits per heavy atom. The molecule has 126 valence electrons. The third-order valence-corrected chi connectivity index (χ3v) is 5.72. The van der Waals surface area contributed by atoms with Gasteiger partial charge in [0.05, 0.1) is 12.0 Å². The van der Waals surface area contributed by atoms with Crippen LogP contribution in [0.15, 0.2) is 30.3 Å². The lowest BCUT2D eigenvalue weighted by atomic mass is 9.54. The number of likely N-dealkylation sites (tertiary alicyclic amines) is 1. The van der Waals surface area contributed by atoms with E-state index in [1.165, 1.54) is 0 Å².